The molecule has 5 atom stereocenters. The van der Waals surface area contributed by atoms with Crippen molar-refractivity contribution in [2.45, 2.75) is 102 Å². The van der Waals surface area contributed by atoms with Gasteiger partial charge in [0, 0.05) is 6.42 Å². The fourth-order valence-corrected chi connectivity index (χ4v) is 4.96. The van der Waals surface area contributed by atoms with Crippen molar-refractivity contribution in [3.8, 4) is 0 Å². The number of aliphatic carboxylic acids is 2. The van der Waals surface area contributed by atoms with Gasteiger partial charge in [-0.1, -0.05) is 13.8 Å². The second-order valence-corrected chi connectivity index (χ2v) is 11.8. The molecule has 0 saturated carbocycles. The average molecular weight is 617 g/mol. The third-order valence-corrected chi connectivity index (χ3v) is 7.45. The Morgan fingerprint density at radius 3 is 1.98 bits per heavy atom. The molecule has 4 amide bonds. The van der Waals surface area contributed by atoms with Gasteiger partial charge < -0.3 is 42.5 Å². The van der Waals surface area contributed by atoms with Gasteiger partial charge in [0.05, 0.1) is 6.04 Å². The fourth-order valence-electron chi connectivity index (χ4n) is 4.49. The normalized spacial score (nSPS) is 17.5. The van der Waals surface area contributed by atoms with Crippen molar-refractivity contribution in [2.24, 2.45) is 11.7 Å². The molecular formula is C27H48N6O8S. The van der Waals surface area contributed by atoms with E-state index in [1.54, 1.807) is 0 Å². The van der Waals surface area contributed by atoms with Crippen LogP contribution in [-0.2, 0) is 28.8 Å². The van der Waals surface area contributed by atoms with Crippen molar-refractivity contribution in [3.05, 3.63) is 0 Å². The molecule has 1 fully saturated rings. The van der Waals surface area contributed by atoms with Gasteiger partial charge in [0.25, 0.3) is 0 Å². The lowest BCUT2D eigenvalue weighted by Crippen LogP contribution is -2.58. The third kappa shape index (κ3) is 14.3. The smallest absolute Gasteiger partial charge is 0.326 e. The first-order valence-corrected chi connectivity index (χ1v) is 15.9. The molecule has 240 valence electrons. The Hall–Kier alpha value is -2.91. The molecule has 0 bridgehead atoms. The molecule has 1 saturated heterocycles. The Bertz CT molecular complexity index is 915. The number of carboxylic acids is 2. The molecule has 0 spiro atoms. The van der Waals surface area contributed by atoms with Gasteiger partial charge in [0.1, 0.15) is 24.2 Å². The number of unbranched alkanes of at least 4 members (excludes halogenated alkanes) is 1. The van der Waals surface area contributed by atoms with Crippen molar-refractivity contribution < 1.29 is 39.0 Å². The van der Waals surface area contributed by atoms with Crippen LogP contribution in [0.4, 0.5) is 0 Å². The Balaban J connectivity index is 3.05. The third-order valence-electron chi connectivity index (χ3n) is 6.80. The van der Waals surface area contributed by atoms with Crippen LogP contribution in [0.1, 0.15) is 71.6 Å². The lowest BCUT2D eigenvalue weighted by Gasteiger charge is -2.27. The summed E-state index contributed by atoms with van der Waals surface area (Å²) in [5.74, 6) is -4.20. The predicted molar refractivity (Wildman–Crippen MR) is 159 cm³/mol. The molecule has 0 aromatic heterocycles. The molecule has 9 N–H and O–H groups in total. The summed E-state index contributed by atoms with van der Waals surface area (Å²) in [5, 5.41) is 32.0. The summed E-state index contributed by atoms with van der Waals surface area (Å²) in [7, 11) is 0. The second kappa shape index (κ2) is 20.1. The number of thioether (sulfide) groups is 1. The van der Waals surface area contributed by atoms with Gasteiger partial charge in [-0.2, -0.15) is 11.8 Å². The van der Waals surface area contributed by atoms with Crippen LogP contribution in [0.3, 0.4) is 0 Å². The minimum atomic E-state index is -1.45. The maximum absolute atomic E-state index is 13.4. The zero-order valence-electron chi connectivity index (χ0n) is 24.8. The quantitative estimate of drug-likeness (QED) is 0.0770. The monoisotopic (exact) mass is 616 g/mol. The van der Waals surface area contributed by atoms with Crippen LogP contribution in [0.5, 0.6) is 0 Å². The van der Waals surface area contributed by atoms with Gasteiger partial charge >= 0.3 is 11.9 Å². The lowest BCUT2D eigenvalue weighted by molar-refractivity contribution is -0.143. The molecular weight excluding hydrogens is 568 g/mol. The summed E-state index contributed by atoms with van der Waals surface area (Å²) in [6.07, 6.45) is 4.41. The van der Waals surface area contributed by atoms with Crippen molar-refractivity contribution in [1.29, 1.82) is 0 Å². The van der Waals surface area contributed by atoms with E-state index in [4.69, 9.17) is 10.8 Å². The summed E-state index contributed by atoms with van der Waals surface area (Å²) in [4.78, 5) is 75.1. The van der Waals surface area contributed by atoms with E-state index in [0.29, 0.717) is 38.0 Å². The molecule has 15 heteroatoms. The maximum Gasteiger partial charge on any atom is 0.326 e. The molecule has 0 aromatic rings. The van der Waals surface area contributed by atoms with Gasteiger partial charge in [0.15, 0.2) is 0 Å². The minimum absolute atomic E-state index is 0.0140. The van der Waals surface area contributed by atoms with Crippen molar-refractivity contribution in [2.75, 3.05) is 25.1 Å². The first kappa shape index (κ1) is 37.1. The van der Waals surface area contributed by atoms with Crippen LogP contribution < -0.4 is 32.3 Å². The van der Waals surface area contributed by atoms with Crippen molar-refractivity contribution in [1.82, 2.24) is 26.6 Å². The molecule has 14 nitrogen and oxygen atoms in total. The largest absolute Gasteiger partial charge is 0.481 e. The van der Waals surface area contributed by atoms with Gasteiger partial charge in [0.2, 0.25) is 23.6 Å². The molecule has 0 unspecified atom stereocenters. The van der Waals surface area contributed by atoms with Crippen molar-refractivity contribution >= 4 is 47.3 Å². The molecule has 0 aliphatic carbocycles. The molecule has 1 rings (SSSR count). The first-order chi connectivity index (χ1) is 19.9. The number of rotatable bonds is 21. The van der Waals surface area contributed by atoms with E-state index in [1.807, 2.05) is 20.1 Å². The van der Waals surface area contributed by atoms with Crippen LogP contribution in [0.25, 0.3) is 0 Å². The number of nitrogens with one attached hydrogen (secondary N) is 5. The standard InChI is InChI=1S/C27H48N6O8S/c1-16(2)15-21(33-25(38)19(11-14-42-3)31-23(36)17-8-6-13-29-17)26(39)30-18(7-4-5-12-28)24(37)32-20(27(40)41)9-10-22(34)35/h16-21,29H,4-15,28H2,1-3H3,(H,30,39)(H,31,36)(H,32,37)(H,33,38)(H,34,35)(H,40,41)/t17-,18-,19+,20-,21-/m0/s1. The summed E-state index contributed by atoms with van der Waals surface area (Å²) in [5.41, 5.74) is 5.57. The fraction of sp³-hybridized carbons (Fsp3) is 0.778. The van der Waals surface area contributed by atoms with Gasteiger partial charge in [-0.3, -0.25) is 24.0 Å². The highest BCUT2D eigenvalue weighted by atomic mass is 32.2. The Labute approximate surface area is 251 Å². The van der Waals surface area contributed by atoms with E-state index in [0.717, 1.165) is 13.0 Å². The molecule has 1 aliphatic heterocycles. The van der Waals surface area contributed by atoms with Crippen molar-refractivity contribution in [3.63, 3.8) is 0 Å². The van der Waals surface area contributed by atoms with Crippen LogP contribution in [0.2, 0.25) is 0 Å². The highest BCUT2D eigenvalue weighted by molar-refractivity contribution is 7.98. The first-order valence-electron chi connectivity index (χ1n) is 14.5. The number of nitrogens with two attached hydrogens (primary N) is 1. The summed E-state index contributed by atoms with van der Waals surface area (Å²) in [6.45, 7) is 4.82. The van der Waals surface area contributed by atoms with Crippen LogP contribution in [0.15, 0.2) is 0 Å². The molecule has 1 aliphatic rings. The van der Waals surface area contributed by atoms with E-state index in [9.17, 15) is 33.9 Å². The van der Waals surface area contributed by atoms with Gasteiger partial charge in [-0.15, -0.1) is 0 Å². The predicted octanol–water partition coefficient (Wildman–Crippen LogP) is -0.445. The highest BCUT2D eigenvalue weighted by Gasteiger charge is 2.32. The Morgan fingerprint density at radius 1 is 0.857 bits per heavy atom. The topological polar surface area (TPSA) is 229 Å². The van der Waals surface area contributed by atoms with Crippen LogP contribution >= 0.6 is 11.8 Å². The molecule has 42 heavy (non-hydrogen) atoms. The van der Waals surface area contributed by atoms with E-state index in [1.165, 1.54) is 11.8 Å². The number of amides is 4. The molecule has 0 radical (unpaired) electrons. The van der Waals surface area contributed by atoms with E-state index in [-0.39, 0.29) is 37.1 Å². The number of carbonyl (C=O) groups is 6. The average Bonchev–Trinajstić information content (AvgIpc) is 3.47. The van der Waals surface area contributed by atoms with E-state index >= 15 is 0 Å². The number of hydrogen-bond donors (Lipinski definition) is 8. The zero-order chi connectivity index (χ0) is 31.7. The Morgan fingerprint density at radius 2 is 1.45 bits per heavy atom. The summed E-state index contributed by atoms with van der Waals surface area (Å²) < 4.78 is 0. The lowest BCUT2D eigenvalue weighted by atomic mass is 10.0. The number of hydrogen-bond acceptors (Lipinski definition) is 9. The van der Waals surface area contributed by atoms with Gasteiger partial charge in [-0.25, -0.2) is 4.79 Å². The minimum Gasteiger partial charge on any atom is -0.481 e. The van der Waals surface area contributed by atoms with Crippen LogP contribution in [0, 0.1) is 5.92 Å². The SMILES string of the molecule is CSCC[C@@H](NC(=O)[C@@H]1CCCN1)C(=O)N[C@@H](CC(C)C)C(=O)N[C@@H](CCCCN)C(=O)N[C@@H](CCC(=O)O)C(=O)O. The highest BCUT2D eigenvalue weighted by Crippen LogP contribution is 2.11. The van der Waals surface area contributed by atoms with E-state index < -0.39 is 60.2 Å². The summed E-state index contributed by atoms with van der Waals surface area (Å²) in [6, 6.07) is -4.85. The zero-order valence-corrected chi connectivity index (χ0v) is 25.6. The Kier molecular flexibility index (Phi) is 17.7. The van der Waals surface area contributed by atoms with Crippen LogP contribution in [-0.4, -0.2) is 101 Å². The molecule has 1 heterocycles. The van der Waals surface area contributed by atoms with Gasteiger partial charge in [-0.05, 0) is 82.4 Å². The second-order valence-electron chi connectivity index (χ2n) is 10.9. The summed E-state index contributed by atoms with van der Waals surface area (Å²) >= 11 is 1.52. The number of carboxylic acid groups (broad SMARTS) is 2. The number of carbonyl (C=O) groups excluding carboxylic acids is 4. The maximum atomic E-state index is 13.4. The molecule has 0 aromatic carbocycles. The van der Waals surface area contributed by atoms with E-state index in [2.05, 4.69) is 26.6 Å².